The van der Waals surface area contributed by atoms with Crippen LogP contribution in [0.3, 0.4) is 0 Å². The molecule has 3 nitrogen and oxygen atoms in total. The highest BCUT2D eigenvalue weighted by Crippen LogP contribution is 2.28. The zero-order valence-electron chi connectivity index (χ0n) is 11.9. The number of hydrogen-bond acceptors (Lipinski definition) is 3. The molecular formula is C16H27N3. The van der Waals surface area contributed by atoms with Gasteiger partial charge in [-0.25, -0.2) is 0 Å². The van der Waals surface area contributed by atoms with Crippen molar-refractivity contribution in [1.29, 1.82) is 0 Å². The van der Waals surface area contributed by atoms with Crippen LogP contribution < -0.4 is 11.3 Å². The van der Waals surface area contributed by atoms with Crippen LogP contribution in [0.1, 0.15) is 56.9 Å². The van der Waals surface area contributed by atoms with Crippen LogP contribution in [-0.2, 0) is 6.42 Å². The Morgan fingerprint density at radius 3 is 2.58 bits per heavy atom. The average molecular weight is 261 g/mol. The molecule has 0 amide bonds. The second-order valence-corrected chi connectivity index (χ2v) is 5.84. The van der Waals surface area contributed by atoms with Gasteiger partial charge in [-0.2, -0.15) is 0 Å². The van der Waals surface area contributed by atoms with Gasteiger partial charge in [-0.1, -0.05) is 32.1 Å². The van der Waals surface area contributed by atoms with Crippen molar-refractivity contribution in [2.75, 3.05) is 0 Å². The highest BCUT2D eigenvalue weighted by atomic mass is 15.2. The number of nitrogens with two attached hydrogens (primary N) is 1. The van der Waals surface area contributed by atoms with E-state index >= 15 is 0 Å². The molecule has 1 heterocycles. The summed E-state index contributed by atoms with van der Waals surface area (Å²) in [6.07, 6.45) is 15.7. The predicted molar refractivity (Wildman–Crippen MR) is 79.5 cm³/mol. The molecule has 1 aliphatic carbocycles. The van der Waals surface area contributed by atoms with Crippen molar-refractivity contribution in [2.45, 2.75) is 63.8 Å². The molecule has 0 spiro atoms. The van der Waals surface area contributed by atoms with Crippen LogP contribution in [-0.4, -0.2) is 11.0 Å². The minimum Gasteiger partial charge on any atom is -0.271 e. The molecule has 1 unspecified atom stereocenters. The Morgan fingerprint density at radius 2 is 1.89 bits per heavy atom. The van der Waals surface area contributed by atoms with Gasteiger partial charge < -0.3 is 0 Å². The van der Waals surface area contributed by atoms with Gasteiger partial charge >= 0.3 is 0 Å². The van der Waals surface area contributed by atoms with E-state index < -0.39 is 0 Å². The average Bonchev–Trinajstić information content (AvgIpc) is 2.49. The van der Waals surface area contributed by atoms with E-state index in [1.165, 1.54) is 50.5 Å². The summed E-state index contributed by atoms with van der Waals surface area (Å²) in [5, 5.41) is 0. The van der Waals surface area contributed by atoms with Gasteiger partial charge in [0.1, 0.15) is 0 Å². The molecule has 2 rings (SSSR count). The second kappa shape index (κ2) is 8.28. The van der Waals surface area contributed by atoms with Crippen molar-refractivity contribution < 1.29 is 0 Å². The number of aryl methyl sites for hydroxylation is 1. The predicted octanol–water partition coefficient (Wildman–Crippen LogP) is 3.21. The first kappa shape index (κ1) is 14.5. The van der Waals surface area contributed by atoms with Crippen LogP contribution in [0.2, 0.25) is 0 Å². The fourth-order valence-corrected chi connectivity index (χ4v) is 3.11. The van der Waals surface area contributed by atoms with E-state index in [-0.39, 0.29) is 0 Å². The highest BCUT2D eigenvalue weighted by Gasteiger charge is 2.15. The largest absolute Gasteiger partial charge is 0.271 e. The second-order valence-electron chi connectivity index (χ2n) is 5.84. The number of pyridine rings is 1. The summed E-state index contributed by atoms with van der Waals surface area (Å²) in [6.45, 7) is 0. The molecule has 3 heteroatoms. The molecule has 1 atom stereocenters. The molecule has 0 saturated heterocycles. The molecule has 19 heavy (non-hydrogen) atoms. The van der Waals surface area contributed by atoms with Gasteiger partial charge in [0, 0.05) is 18.4 Å². The van der Waals surface area contributed by atoms with Crippen molar-refractivity contribution in [1.82, 2.24) is 10.4 Å². The minimum atomic E-state index is 0.454. The summed E-state index contributed by atoms with van der Waals surface area (Å²) in [4.78, 5) is 4.05. The van der Waals surface area contributed by atoms with Gasteiger partial charge in [-0.15, -0.1) is 0 Å². The van der Waals surface area contributed by atoms with Crippen molar-refractivity contribution >= 4 is 0 Å². The van der Waals surface area contributed by atoms with Crippen molar-refractivity contribution in [3.63, 3.8) is 0 Å². The lowest BCUT2D eigenvalue weighted by molar-refractivity contribution is 0.309. The fourth-order valence-electron chi connectivity index (χ4n) is 3.11. The third-order valence-electron chi connectivity index (χ3n) is 4.41. The molecule has 1 saturated carbocycles. The van der Waals surface area contributed by atoms with Gasteiger partial charge in [-0.3, -0.25) is 16.3 Å². The van der Waals surface area contributed by atoms with E-state index in [9.17, 15) is 0 Å². The SMILES string of the molecule is NNC(CCc1ccncc1)CCC1CCCCC1. The maximum absolute atomic E-state index is 5.69. The number of hydrogen-bond donors (Lipinski definition) is 2. The Bertz CT molecular complexity index is 333. The summed E-state index contributed by atoms with van der Waals surface area (Å²) in [5.74, 6) is 6.64. The van der Waals surface area contributed by atoms with E-state index in [1.54, 1.807) is 0 Å². The molecule has 1 fully saturated rings. The summed E-state index contributed by atoms with van der Waals surface area (Å²) >= 11 is 0. The molecule has 0 radical (unpaired) electrons. The molecule has 1 aromatic rings. The van der Waals surface area contributed by atoms with Crippen molar-refractivity contribution in [3.8, 4) is 0 Å². The Labute approximate surface area is 117 Å². The van der Waals surface area contributed by atoms with Gasteiger partial charge in [-0.05, 0) is 49.3 Å². The molecular weight excluding hydrogens is 234 g/mol. The molecule has 106 valence electrons. The van der Waals surface area contributed by atoms with E-state index in [0.717, 1.165) is 18.8 Å². The van der Waals surface area contributed by atoms with Crippen LogP contribution in [0.4, 0.5) is 0 Å². The lowest BCUT2D eigenvalue weighted by Crippen LogP contribution is -2.35. The van der Waals surface area contributed by atoms with Crippen LogP contribution in [0.25, 0.3) is 0 Å². The third kappa shape index (κ3) is 5.29. The van der Waals surface area contributed by atoms with Crippen LogP contribution >= 0.6 is 0 Å². The first-order valence-corrected chi connectivity index (χ1v) is 7.73. The molecule has 0 bridgehead atoms. The van der Waals surface area contributed by atoms with E-state index in [0.29, 0.717) is 6.04 Å². The maximum atomic E-state index is 5.69. The van der Waals surface area contributed by atoms with Gasteiger partial charge in [0.25, 0.3) is 0 Å². The summed E-state index contributed by atoms with van der Waals surface area (Å²) in [7, 11) is 0. The third-order valence-corrected chi connectivity index (χ3v) is 4.41. The normalized spacial score (nSPS) is 18.4. The molecule has 1 aliphatic rings. The van der Waals surface area contributed by atoms with E-state index in [2.05, 4.69) is 22.5 Å². The molecule has 1 aromatic heterocycles. The summed E-state index contributed by atoms with van der Waals surface area (Å²) in [5.41, 5.74) is 4.35. The lowest BCUT2D eigenvalue weighted by Gasteiger charge is -2.24. The van der Waals surface area contributed by atoms with Crippen LogP contribution in [0.5, 0.6) is 0 Å². The Kier molecular flexibility index (Phi) is 6.31. The number of rotatable bonds is 7. The monoisotopic (exact) mass is 261 g/mol. The number of hydrazine groups is 1. The number of aromatic nitrogens is 1. The molecule has 0 aliphatic heterocycles. The highest BCUT2D eigenvalue weighted by molar-refractivity contribution is 5.09. The zero-order chi connectivity index (χ0) is 13.3. The fraction of sp³-hybridized carbons (Fsp3) is 0.688. The minimum absolute atomic E-state index is 0.454. The lowest BCUT2D eigenvalue weighted by atomic mass is 9.85. The smallest absolute Gasteiger partial charge is 0.0270 e. The van der Waals surface area contributed by atoms with E-state index in [1.807, 2.05) is 12.4 Å². The van der Waals surface area contributed by atoms with Gasteiger partial charge in [0.05, 0.1) is 0 Å². The topological polar surface area (TPSA) is 50.9 Å². The summed E-state index contributed by atoms with van der Waals surface area (Å²) in [6, 6.07) is 4.64. The maximum Gasteiger partial charge on any atom is 0.0270 e. The molecule has 3 N–H and O–H groups in total. The Balaban J connectivity index is 1.67. The summed E-state index contributed by atoms with van der Waals surface area (Å²) < 4.78 is 0. The molecule has 0 aromatic carbocycles. The Hall–Kier alpha value is -0.930. The van der Waals surface area contributed by atoms with Crippen LogP contribution in [0, 0.1) is 5.92 Å². The standard InChI is InChI=1S/C16H27N3/c17-19-16(8-6-14-4-2-1-3-5-14)9-7-15-10-12-18-13-11-15/h10-14,16,19H,1-9,17H2. The first-order chi connectivity index (χ1) is 9.38. The zero-order valence-corrected chi connectivity index (χ0v) is 11.9. The van der Waals surface area contributed by atoms with Crippen molar-refractivity contribution in [2.24, 2.45) is 11.8 Å². The Morgan fingerprint density at radius 1 is 1.16 bits per heavy atom. The number of nitrogens with one attached hydrogen (secondary N) is 1. The van der Waals surface area contributed by atoms with Gasteiger partial charge in [0.15, 0.2) is 0 Å². The number of nitrogens with zero attached hydrogens (tertiary/aromatic N) is 1. The van der Waals surface area contributed by atoms with Gasteiger partial charge in [0.2, 0.25) is 0 Å². The van der Waals surface area contributed by atoms with Crippen LogP contribution in [0.15, 0.2) is 24.5 Å². The first-order valence-electron chi connectivity index (χ1n) is 7.73. The quantitative estimate of drug-likeness (QED) is 0.585. The van der Waals surface area contributed by atoms with E-state index in [4.69, 9.17) is 5.84 Å². The van der Waals surface area contributed by atoms with Crippen molar-refractivity contribution in [3.05, 3.63) is 30.1 Å².